The molecule has 0 radical (unpaired) electrons. The van der Waals surface area contributed by atoms with Gasteiger partial charge in [0.25, 0.3) is 0 Å². The summed E-state index contributed by atoms with van der Waals surface area (Å²) in [4.78, 5) is 12.1. The standard InChI is InChI=1S/C17H28N2O/c1-7-17(6,18)15(20)19-12(2)13-8-10-14(11-9-13)16(3,4)5/h8-12H,7,18H2,1-6H3,(H,19,20). The second kappa shape index (κ2) is 5.96. The second-order valence-electron chi connectivity index (χ2n) is 6.84. The van der Waals surface area contributed by atoms with Crippen molar-refractivity contribution in [1.82, 2.24) is 5.32 Å². The first-order valence-electron chi connectivity index (χ1n) is 7.28. The maximum atomic E-state index is 12.1. The Kier molecular flexibility index (Phi) is 4.98. The number of nitrogens with one attached hydrogen (secondary N) is 1. The average Bonchev–Trinajstić information content (AvgIpc) is 2.37. The highest BCUT2D eigenvalue weighted by atomic mass is 16.2. The van der Waals surface area contributed by atoms with Crippen LogP contribution in [0.3, 0.4) is 0 Å². The minimum Gasteiger partial charge on any atom is -0.348 e. The Labute approximate surface area is 122 Å². The third-order valence-electron chi connectivity index (χ3n) is 3.88. The van der Waals surface area contributed by atoms with Crippen LogP contribution in [0.15, 0.2) is 24.3 Å². The van der Waals surface area contributed by atoms with Gasteiger partial charge in [-0.1, -0.05) is 52.0 Å². The number of amides is 1. The van der Waals surface area contributed by atoms with Crippen LogP contribution in [0.4, 0.5) is 0 Å². The van der Waals surface area contributed by atoms with Crippen molar-refractivity contribution in [2.45, 2.75) is 65.0 Å². The fraction of sp³-hybridized carbons (Fsp3) is 0.588. The lowest BCUT2D eigenvalue weighted by molar-refractivity contribution is -0.126. The molecule has 3 heteroatoms. The van der Waals surface area contributed by atoms with Crippen molar-refractivity contribution in [2.75, 3.05) is 0 Å². The largest absolute Gasteiger partial charge is 0.348 e. The first-order chi connectivity index (χ1) is 9.08. The lowest BCUT2D eigenvalue weighted by Gasteiger charge is -2.25. The summed E-state index contributed by atoms with van der Waals surface area (Å²) in [7, 11) is 0. The molecule has 1 amide bonds. The number of hydrogen-bond acceptors (Lipinski definition) is 2. The van der Waals surface area contributed by atoms with E-state index in [9.17, 15) is 4.79 Å². The minimum atomic E-state index is -0.806. The van der Waals surface area contributed by atoms with E-state index in [0.29, 0.717) is 6.42 Å². The third-order valence-corrected chi connectivity index (χ3v) is 3.88. The van der Waals surface area contributed by atoms with Gasteiger partial charge in [-0.25, -0.2) is 0 Å². The van der Waals surface area contributed by atoms with Crippen molar-refractivity contribution < 1.29 is 4.79 Å². The van der Waals surface area contributed by atoms with Gasteiger partial charge in [0, 0.05) is 0 Å². The van der Waals surface area contributed by atoms with Gasteiger partial charge in [0.05, 0.1) is 11.6 Å². The SMILES string of the molecule is CCC(C)(N)C(=O)NC(C)c1ccc(C(C)(C)C)cc1. The molecule has 3 N–H and O–H groups in total. The monoisotopic (exact) mass is 276 g/mol. The van der Waals surface area contributed by atoms with Gasteiger partial charge in [0.2, 0.25) is 5.91 Å². The van der Waals surface area contributed by atoms with Crippen molar-refractivity contribution >= 4 is 5.91 Å². The molecule has 0 aliphatic carbocycles. The fourth-order valence-corrected chi connectivity index (χ4v) is 1.88. The van der Waals surface area contributed by atoms with E-state index in [1.165, 1.54) is 5.56 Å². The zero-order valence-electron chi connectivity index (χ0n) is 13.6. The summed E-state index contributed by atoms with van der Waals surface area (Å²) in [6, 6.07) is 8.36. The summed E-state index contributed by atoms with van der Waals surface area (Å²) in [5.74, 6) is -0.104. The normalized spacial score (nSPS) is 16.4. The smallest absolute Gasteiger partial charge is 0.240 e. The van der Waals surface area contributed by atoms with E-state index in [2.05, 4.69) is 50.4 Å². The van der Waals surface area contributed by atoms with Crippen LogP contribution in [0.2, 0.25) is 0 Å². The van der Waals surface area contributed by atoms with E-state index in [1.807, 2.05) is 13.8 Å². The summed E-state index contributed by atoms with van der Waals surface area (Å²) >= 11 is 0. The van der Waals surface area contributed by atoms with Gasteiger partial charge in [-0.15, -0.1) is 0 Å². The Morgan fingerprint density at radius 2 is 1.70 bits per heavy atom. The molecule has 0 saturated heterocycles. The van der Waals surface area contributed by atoms with Gasteiger partial charge < -0.3 is 11.1 Å². The second-order valence-corrected chi connectivity index (χ2v) is 6.84. The van der Waals surface area contributed by atoms with Crippen LogP contribution in [0.5, 0.6) is 0 Å². The maximum Gasteiger partial charge on any atom is 0.240 e. The Bertz CT molecular complexity index is 455. The number of benzene rings is 1. The molecular formula is C17H28N2O. The Morgan fingerprint density at radius 1 is 1.20 bits per heavy atom. The van der Waals surface area contributed by atoms with Gasteiger partial charge in [-0.2, -0.15) is 0 Å². The van der Waals surface area contributed by atoms with E-state index in [-0.39, 0.29) is 17.4 Å². The van der Waals surface area contributed by atoms with Crippen molar-refractivity contribution in [1.29, 1.82) is 0 Å². The topological polar surface area (TPSA) is 55.1 Å². The number of hydrogen-bond donors (Lipinski definition) is 2. The molecule has 1 aromatic carbocycles. The molecule has 0 spiro atoms. The number of carbonyl (C=O) groups excluding carboxylic acids is 1. The summed E-state index contributed by atoms with van der Waals surface area (Å²) in [5, 5.41) is 2.98. The van der Waals surface area contributed by atoms with Crippen LogP contribution < -0.4 is 11.1 Å². The Hall–Kier alpha value is -1.35. The van der Waals surface area contributed by atoms with E-state index in [4.69, 9.17) is 5.73 Å². The lowest BCUT2D eigenvalue weighted by atomic mass is 9.86. The van der Waals surface area contributed by atoms with Crippen LogP contribution in [0.25, 0.3) is 0 Å². The van der Waals surface area contributed by atoms with Crippen molar-refractivity contribution in [3.05, 3.63) is 35.4 Å². The van der Waals surface area contributed by atoms with Crippen molar-refractivity contribution in [2.24, 2.45) is 5.73 Å². The summed E-state index contributed by atoms with van der Waals surface area (Å²) in [6.45, 7) is 12.2. The van der Waals surface area contributed by atoms with Gasteiger partial charge in [0.15, 0.2) is 0 Å². The molecule has 3 nitrogen and oxygen atoms in total. The molecule has 0 aliphatic rings. The summed E-state index contributed by atoms with van der Waals surface area (Å²) in [6.07, 6.45) is 0.620. The van der Waals surface area contributed by atoms with E-state index >= 15 is 0 Å². The molecule has 0 heterocycles. The predicted molar refractivity (Wildman–Crippen MR) is 84.6 cm³/mol. The zero-order chi connectivity index (χ0) is 15.6. The van der Waals surface area contributed by atoms with Crippen LogP contribution in [-0.2, 0) is 10.2 Å². The molecule has 0 aliphatic heterocycles. The highest BCUT2D eigenvalue weighted by Crippen LogP contribution is 2.24. The van der Waals surface area contributed by atoms with Gasteiger partial charge >= 0.3 is 0 Å². The zero-order valence-corrected chi connectivity index (χ0v) is 13.6. The average molecular weight is 276 g/mol. The molecular weight excluding hydrogens is 248 g/mol. The molecule has 1 rings (SSSR count). The Balaban J connectivity index is 2.79. The number of nitrogens with two attached hydrogens (primary N) is 1. The molecule has 0 fully saturated rings. The number of carbonyl (C=O) groups is 1. The summed E-state index contributed by atoms with van der Waals surface area (Å²) < 4.78 is 0. The molecule has 20 heavy (non-hydrogen) atoms. The first kappa shape index (κ1) is 16.7. The van der Waals surface area contributed by atoms with Crippen LogP contribution in [0, 0.1) is 0 Å². The van der Waals surface area contributed by atoms with Gasteiger partial charge in [-0.05, 0) is 36.8 Å². The molecule has 0 bridgehead atoms. The highest BCUT2D eigenvalue weighted by molar-refractivity contribution is 5.85. The van der Waals surface area contributed by atoms with Crippen molar-refractivity contribution in [3.8, 4) is 0 Å². The molecule has 0 saturated carbocycles. The van der Waals surface area contributed by atoms with Crippen LogP contribution in [-0.4, -0.2) is 11.4 Å². The quantitative estimate of drug-likeness (QED) is 0.886. The molecule has 2 unspecified atom stereocenters. The highest BCUT2D eigenvalue weighted by Gasteiger charge is 2.27. The van der Waals surface area contributed by atoms with Crippen LogP contribution >= 0.6 is 0 Å². The number of rotatable bonds is 4. The minimum absolute atomic E-state index is 0.0362. The van der Waals surface area contributed by atoms with Gasteiger partial charge in [-0.3, -0.25) is 4.79 Å². The summed E-state index contributed by atoms with van der Waals surface area (Å²) in [5.41, 5.74) is 7.68. The van der Waals surface area contributed by atoms with E-state index in [0.717, 1.165) is 5.56 Å². The van der Waals surface area contributed by atoms with E-state index in [1.54, 1.807) is 6.92 Å². The molecule has 2 atom stereocenters. The fourth-order valence-electron chi connectivity index (χ4n) is 1.88. The maximum absolute atomic E-state index is 12.1. The van der Waals surface area contributed by atoms with E-state index < -0.39 is 5.54 Å². The van der Waals surface area contributed by atoms with Crippen LogP contribution in [0.1, 0.15) is 65.1 Å². The first-order valence-corrected chi connectivity index (χ1v) is 7.28. The van der Waals surface area contributed by atoms with Crippen molar-refractivity contribution in [3.63, 3.8) is 0 Å². The molecule has 112 valence electrons. The van der Waals surface area contributed by atoms with Gasteiger partial charge in [0.1, 0.15) is 0 Å². The lowest BCUT2D eigenvalue weighted by Crippen LogP contribution is -2.51. The predicted octanol–water partition coefficient (Wildman–Crippen LogP) is 3.29. The molecule has 1 aromatic rings. The third kappa shape index (κ3) is 4.07. The Morgan fingerprint density at radius 3 is 2.10 bits per heavy atom. The molecule has 0 aromatic heterocycles.